The Morgan fingerprint density at radius 3 is 1.20 bits per heavy atom. The molecule has 10 nitrogen and oxygen atoms in total. The number of carbonyl (C=O) groups is 4. The first kappa shape index (κ1) is 49.8. The van der Waals surface area contributed by atoms with Crippen LogP contribution in [0.3, 0.4) is 0 Å². The molecule has 8 aliphatic carbocycles. The van der Waals surface area contributed by atoms with Crippen LogP contribution in [0, 0.1) is 34.5 Å². The Bertz CT molecular complexity index is 1290. The van der Waals surface area contributed by atoms with E-state index in [4.69, 9.17) is 18.9 Å². The molecule has 54 heavy (non-hydrogen) atoms. The molecule has 0 saturated heterocycles. The standard InChI is InChI=1S/C25H40O6.C15H24O4.4CH4/c1-9-16(2)18(26)29-25-12-17-10-23(14-25,19(27)30-21(3,4)5)13-24(11-17,15-25)20(28)31-22(6,7)8;1-3-10(2)12(16)19-15-6-11-4-13(17,8-15)7-14(18,5-11)9-15;;;;/h16-17H,9-15H2,1-8H3;10-11,17-18H,3-9H2,1-2H3;4*1H4. The highest BCUT2D eigenvalue weighted by Crippen LogP contribution is 2.69. The van der Waals surface area contributed by atoms with Crippen molar-refractivity contribution in [1.82, 2.24) is 0 Å². The molecular weight excluding hydrogens is 688 g/mol. The van der Waals surface area contributed by atoms with Gasteiger partial charge in [-0.05, 0) is 111 Å². The number of ether oxygens (including phenoxy) is 4. The Hall–Kier alpha value is -2.20. The van der Waals surface area contributed by atoms with Gasteiger partial charge in [-0.3, -0.25) is 19.2 Å². The van der Waals surface area contributed by atoms with E-state index in [9.17, 15) is 29.4 Å². The molecule has 8 aliphatic rings. The van der Waals surface area contributed by atoms with Crippen molar-refractivity contribution in [3.8, 4) is 0 Å². The molecule has 8 rings (SSSR count). The lowest BCUT2D eigenvalue weighted by Gasteiger charge is -2.63. The maximum absolute atomic E-state index is 13.5. The van der Waals surface area contributed by atoms with E-state index in [0.717, 1.165) is 25.7 Å². The van der Waals surface area contributed by atoms with Crippen LogP contribution < -0.4 is 0 Å². The average molecular weight is 769 g/mol. The monoisotopic (exact) mass is 769 g/mol. The van der Waals surface area contributed by atoms with Gasteiger partial charge in [-0.2, -0.15) is 0 Å². The quantitative estimate of drug-likeness (QED) is 0.181. The van der Waals surface area contributed by atoms with Gasteiger partial charge in [0.05, 0.1) is 33.9 Å². The molecule has 8 bridgehead atoms. The van der Waals surface area contributed by atoms with Crippen LogP contribution in [0.25, 0.3) is 0 Å². The zero-order valence-corrected chi connectivity index (χ0v) is 32.4. The maximum atomic E-state index is 13.5. The number of carbonyl (C=O) groups excluding carboxylic acids is 4. The molecule has 0 spiro atoms. The van der Waals surface area contributed by atoms with Crippen molar-refractivity contribution in [3.05, 3.63) is 0 Å². The molecule has 0 aromatic carbocycles. The lowest BCUT2D eigenvalue weighted by Crippen LogP contribution is -2.67. The zero-order valence-electron chi connectivity index (χ0n) is 32.4. The van der Waals surface area contributed by atoms with Crippen molar-refractivity contribution < 1.29 is 48.3 Å². The van der Waals surface area contributed by atoms with E-state index in [2.05, 4.69) is 0 Å². The van der Waals surface area contributed by atoms with Gasteiger partial charge in [-0.15, -0.1) is 0 Å². The van der Waals surface area contributed by atoms with E-state index < -0.39 is 44.4 Å². The molecule has 0 amide bonds. The van der Waals surface area contributed by atoms with Gasteiger partial charge in [0.1, 0.15) is 22.4 Å². The molecule has 0 aliphatic heterocycles. The van der Waals surface area contributed by atoms with Gasteiger partial charge in [0.2, 0.25) is 0 Å². The normalized spacial score (nSPS) is 37.6. The van der Waals surface area contributed by atoms with Gasteiger partial charge in [0.15, 0.2) is 0 Å². The van der Waals surface area contributed by atoms with Crippen LogP contribution in [-0.2, 0) is 38.1 Å². The molecule has 6 unspecified atom stereocenters. The van der Waals surface area contributed by atoms with Gasteiger partial charge < -0.3 is 29.2 Å². The van der Waals surface area contributed by atoms with Crippen molar-refractivity contribution in [2.45, 2.75) is 222 Å². The van der Waals surface area contributed by atoms with E-state index in [1.54, 1.807) is 0 Å². The molecule has 0 heterocycles. The molecule has 10 heteroatoms. The lowest BCUT2D eigenvalue weighted by molar-refractivity contribution is -0.262. The minimum Gasteiger partial charge on any atom is -0.460 e. The van der Waals surface area contributed by atoms with Gasteiger partial charge in [-0.1, -0.05) is 57.4 Å². The highest BCUT2D eigenvalue weighted by molar-refractivity contribution is 5.84. The van der Waals surface area contributed by atoms with Crippen molar-refractivity contribution in [2.75, 3.05) is 0 Å². The summed E-state index contributed by atoms with van der Waals surface area (Å²) in [5.74, 6) is -0.904. The predicted octanol–water partition coefficient (Wildman–Crippen LogP) is 9.29. The molecule has 0 aromatic heterocycles. The first-order valence-electron chi connectivity index (χ1n) is 19.2. The third-order valence-corrected chi connectivity index (χ3v) is 12.3. The Kier molecular flexibility index (Phi) is 15.1. The fourth-order valence-corrected chi connectivity index (χ4v) is 11.0. The average Bonchev–Trinajstić information content (AvgIpc) is 2.91. The van der Waals surface area contributed by atoms with Gasteiger partial charge >= 0.3 is 23.9 Å². The summed E-state index contributed by atoms with van der Waals surface area (Å²) in [5.41, 5.74) is -5.98. The van der Waals surface area contributed by atoms with Gasteiger partial charge in [0, 0.05) is 32.1 Å². The summed E-state index contributed by atoms with van der Waals surface area (Å²) in [5, 5.41) is 21.2. The number of rotatable bonds is 8. The third kappa shape index (κ3) is 10.2. The zero-order chi connectivity index (χ0) is 37.3. The van der Waals surface area contributed by atoms with Crippen molar-refractivity contribution in [1.29, 1.82) is 0 Å². The summed E-state index contributed by atoms with van der Waals surface area (Å²) in [7, 11) is 0. The van der Waals surface area contributed by atoms with Crippen molar-refractivity contribution in [3.63, 3.8) is 0 Å². The van der Waals surface area contributed by atoms with Crippen LogP contribution in [0.15, 0.2) is 0 Å². The summed E-state index contributed by atoms with van der Waals surface area (Å²) in [6.07, 6.45) is 8.50. The van der Waals surface area contributed by atoms with E-state index in [1.807, 2.05) is 69.2 Å². The molecule has 6 atom stereocenters. The van der Waals surface area contributed by atoms with E-state index >= 15 is 0 Å². The van der Waals surface area contributed by atoms with E-state index in [-0.39, 0.29) is 77.3 Å². The van der Waals surface area contributed by atoms with E-state index in [1.165, 1.54) is 0 Å². The van der Waals surface area contributed by atoms with Gasteiger partial charge in [-0.25, -0.2) is 0 Å². The third-order valence-electron chi connectivity index (χ3n) is 12.3. The van der Waals surface area contributed by atoms with Crippen LogP contribution in [0.5, 0.6) is 0 Å². The number of aliphatic hydroxyl groups is 2. The van der Waals surface area contributed by atoms with Crippen LogP contribution in [0.2, 0.25) is 0 Å². The molecule has 316 valence electrons. The van der Waals surface area contributed by atoms with Crippen molar-refractivity contribution in [2.24, 2.45) is 34.5 Å². The second-order valence-corrected chi connectivity index (χ2v) is 19.9. The summed E-state index contributed by atoms with van der Waals surface area (Å²) in [4.78, 5) is 51.8. The maximum Gasteiger partial charge on any atom is 0.312 e. The molecule has 0 radical (unpaired) electrons. The summed E-state index contributed by atoms with van der Waals surface area (Å²) < 4.78 is 23.6. The minimum absolute atomic E-state index is 0. The topological polar surface area (TPSA) is 146 Å². The Morgan fingerprint density at radius 1 is 0.556 bits per heavy atom. The molecule has 8 fully saturated rings. The number of esters is 4. The minimum atomic E-state index is -0.829. The summed E-state index contributed by atoms with van der Waals surface area (Å²) in [6.45, 7) is 18.8. The number of hydrogen-bond acceptors (Lipinski definition) is 10. The highest BCUT2D eigenvalue weighted by Gasteiger charge is 2.71. The molecule has 0 aromatic rings. The smallest absolute Gasteiger partial charge is 0.312 e. The Morgan fingerprint density at radius 2 is 0.889 bits per heavy atom. The fraction of sp³-hybridized carbons (Fsp3) is 0.909. The second-order valence-electron chi connectivity index (χ2n) is 19.9. The second kappa shape index (κ2) is 16.3. The summed E-state index contributed by atoms with van der Waals surface area (Å²) >= 11 is 0. The predicted molar refractivity (Wildman–Crippen MR) is 212 cm³/mol. The van der Waals surface area contributed by atoms with Crippen LogP contribution in [0.4, 0.5) is 0 Å². The van der Waals surface area contributed by atoms with E-state index in [0.29, 0.717) is 64.2 Å². The lowest BCUT2D eigenvalue weighted by atomic mass is 9.42. The molecular formula is C44H80O10. The SMILES string of the molecule is C.C.C.C.CCC(C)C(=O)OC12CC3CC(C(=O)OC(C)(C)C)(C1)CC(C(=O)OC(C)(C)C)(C3)C2.CCC(C)C(=O)OC12CC3CC(O)(CC(O)(C3)C1)C2. The van der Waals surface area contributed by atoms with Crippen LogP contribution in [0.1, 0.15) is 189 Å². The molecule has 2 N–H and O–H groups in total. The van der Waals surface area contributed by atoms with Crippen LogP contribution >= 0.6 is 0 Å². The number of hydrogen-bond donors (Lipinski definition) is 2. The Balaban J connectivity index is 0.000000549. The first-order chi connectivity index (χ1) is 22.8. The Labute approximate surface area is 328 Å². The van der Waals surface area contributed by atoms with Gasteiger partial charge in [0.25, 0.3) is 0 Å². The fourth-order valence-electron chi connectivity index (χ4n) is 11.0. The first-order valence-corrected chi connectivity index (χ1v) is 19.2. The summed E-state index contributed by atoms with van der Waals surface area (Å²) in [6, 6.07) is 0. The van der Waals surface area contributed by atoms with Crippen LogP contribution in [-0.4, -0.2) is 67.7 Å². The molecule has 8 saturated carbocycles. The largest absolute Gasteiger partial charge is 0.460 e. The highest BCUT2D eigenvalue weighted by atomic mass is 16.6. The van der Waals surface area contributed by atoms with Crippen molar-refractivity contribution >= 4 is 23.9 Å².